The Hall–Kier alpha value is -3.15. The number of aryl methyl sites for hydroxylation is 1. The van der Waals surface area contributed by atoms with E-state index in [4.69, 9.17) is 4.74 Å². The molecule has 0 aliphatic heterocycles. The van der Waals surface area contributed by atoms with Gasteiger partial charge in [-0.1, -0.05) is 29.8 Å². The van der Waals surface area contributed by atoms with E-state index >= 15 is 0 Å². The average molecular weight is 365 g/mol. The van der Waals surface area contributed by atoms with Crippen molar-refractivity contribution < 1.29 is 9.53 Å². The second kappa shape index (κ2) is 8.98. The minimum absolute atomic E-state index is 0.0312. The smallest absolute Gasteiger partial charge is 0.261 e. The lowest BCUT2D eigenvalue weighted by Crippen LogP contribution is -2.33. The van der Waals surface area contributed by atoms with Crippen LogP contribution in [0.2, 0.25) is 0 Å². The highest BCUT2D eigenvalue weighted by Gasteiger charge is 2.07. The molecular weight excluding hydrogens is 342 g/mol. The van der Waals surface area contributed by atoms with Crippen LogP contribution in [0.5, 0.6) is 5.75 Å². The minimum Gasteiger partial charge on any atom is -0.494 e. The molecule has 1 amide bonds. The standard InChI is InChI=1S/C21H23N3O3/c1-16-8-10-17(11-9-16)27-13-5-4-12-22-20(25)14-24-15-23-19-7-3-2-6-18(19)21(24)26/h2-3,6-11,15H,4-5,12-14H2,1H3,(H,22,25). The van der Waals surface area contributed by atoms with Crippen molar-refractivity contribution >= 4 is 16.8 Å². The van der Waals surface area contributed by atoms with Crippen LogP contribution in [0, 0.1) is 6.92 Å². The number of nitrogens with one attached hydrogen (secondary N) is 1. The first-order valence-corrected chi connectivity index (χ1v) is 9.04. The second-order valence-electron chi connectivity index (χ2n) is 6.41. The molecule has 0 aliphatic carbocycles. The fraction of sp³-hybridized carbons (Fsp3) is 0.286. The van der Waals surface area contributed by atoms with Gasteiger partial charge in [0.25, 0.3) is 5.56 Å². The summed E-state index contributed by atoms with van der Waals surface area (Å²) in [4.78, 5) is 28.6. The molecule has 140 valence electrons. The van der Waals surface area contributed by atoms with Gasteiger partial charge in [0.2, 0.25) is 5.91 Å². The van der Waals surface area contributed by atoms with Gasteiger partial charge in [-0.2, -0.15) is 0 Å². The van der Waals surface area contributed by atoms with Crippen molar-refractivity contribution in [3.05, 3.63) is 70.8 Å². The number of carbonyl (C=O) groups excluding carboxylic acids is 1. The monoisotopic (exact) mass is 365 g/mol. The van der Waals surface area contributed by atoms with Gasteiger partial charge in [0, 0.05) is 6.54 Å². The number of hydrogen-bond donors (Lipinski definition) is 1. The summed E-state index contributed by atoms with van der Waals surface area (Å²) in [6.45, 7) is 3.16. The molecular formula is C21H23N3O3. The van der Waals surface area contributed by atoms with Crippen molar-refractivity contribution in [1.82, 2.24) is 14.9 Å². The molecule has 2 aromatic carbocycles. The molecule has 0 saturated heterocycles. The molecule has 0 saturated carbocycles. The molecule has 0 bridgehead atoms. The lowest BCUT2D eigenvalue weighted by atomic mass is 10.2. The molecule has 1 aromatic heterocycles. The third-order valence-electron chi connectivity index (χ3n) is 4.23. The van der Waals surface area contributed by atoms with Crippen molar-refractivity contribution in [3.8, 4) is 5.75 Å². The molecule has 0 atom stereocenters. The van der Waals surface area contributed by atoms with Crippen LogP contribution in [0.25, 0.3) is 10.9 Å². The maximum absolute atomic E-state index is 12.4. The summed E-state index contributed by atoms with van der Waals surface area (Å²) >= 11 is 0. The number of amides is 1. The van der Waals surface area contributed by atoms with Crippen LogP contribution in [0.1, 0.15) is 18.4 Å². The van der Waals surface area contributed by atoms with Gasteiger partial charge in [0.05, 0.1) is 23.8 Å². The number of benzene rings is 2. The number of nitrogens with zero attached hydrogens (tertiary/aromatic N) is 2. The van der Waals surface area contributed by atoms with E-state index < -0.39 is 0 Å². The third kappa shape index (κ3) is 5.17. The van der Waals surface area contributed by atoms with E-state index in [0.29, 0.717) is 24.1 Å². The summed E-state index contributed by atoms with van der Waals surface area (Å²) in [5, 5.41) is 3.35. The van der Waals surface area contributed by atoms with Crippen LogP contribution in [-0.2, 0) is 11.3 Å². The largest absolute Gasteiger partial charge is 0.494 e. The number of para-hydroxylation sites is 1. The van der Waals surface area contributed by atoms with Gasteiger partial charge < -0.3 is 10.1 Å². The van der Waals surface area contributed by atoms with Crippen molar-refractivity contribution in [2.24, 2.45) is 0 Å². The van der Waals surface area contributed by atoms with Crippen molar-refractivity contribution in [2.75, 3.05) is 13.2 Å². The Morgan fingerprint density at radius 3 is 2.70 bits per heavy atom. The lowest BCUT2D eigenvalue weighted by molar-refractivity contribution is -0.121. The maximum Gasteiger partial charge on any atom is 0.261 e. The van der Waals surface area contributed by atoms with Crippen molar-refractivity contribution in [1.29, 1.82) is 0 Å². The topological polar surface area (TPSA) is 73.2 Å². The molecule has 0 aliphatic rings. The van der Waals surface area contributed by atoms with Gasteiger partial charge in [0.1, 0.15) is 12.3 Å². The quantitative estimate of drug-likeness (QED) is 0.623. The number of unbranched alkanes of at least 4 members (excludes halogenated alkanes) is 1. The fourth-order valence-corrected chi connectivity index (χ4v) is 2.71. The molecule has 0 spiro atoms. The van der Waals surface area contributed by atoms with E-state index in [1.54, 1.807) is 18.2 Å². The van der Waals surface area contributed by atoms with E-state index in [2.05, 4.69) is 10.3 Å². The zero-order chi connectivity index (χ0) is 19.1. The van der Waals surface area contributed by atoms with Gasteiger partial charge in [-0.15, -0.1) is 0 Å². The van der Waals surface area contributed by atoms with E-state index in [0.717, 1.165) is 18.6 Å². The summed E-state index contributed by atoms with van der Waals surface area (Å²) in [5.74, 6) is 0.654. The first kappa shape index (κ1) is 18.6. The Bertz CT molecular complexity index is 964. The molecule has 6 nitrogen and oxygen atoms in total. The molecule has 0 unspecified atom stereocenters. The highest BCUT2D eigenvalue weighted by molar-refractivity contribution is 5.78. The molecule has 0 radical (unpaired) electrons. The summed E-state index contributed by atoms with van der Waals surface area (Å²) in [5.41, 5.74) is 1.63. The minimum atomic E-state index is -0.206. The Kier molecular flexibility index (Phi) is 6.20. The molecule has 0 fully saturated rings. The zero-order valence-corrected chi connectivity index (χ0v) is 15.4. The summed E-state index contributed by atoms with van der Waals surface area (Å²) in [6.07, 6.45) is 3.06. The Morgan fingerprint density at radius 1 is 1.11 bits per heavy atom. The van der Waals surface area contributed by atoms with Gasteiger partial charge >= 0.3 is 0 Å². The van der Waals surface area contributed by atoms with Gasteiger partial charge in [0.15, 0.2) is 0 Å². The predicted molar refractivity (Wildman–Crippen MR) is 105 cm³/mol. The number of aromatic nitrogens is 2. The summed E-state index contributed by atoms with van der Waals surface area (Å²) < 4.78 is 6.99. The number of ether oxygens (including phenoxy) is 1. The maximum atomic E-state index is 12.4. The summed E-state index contributed by atoms with van der Waals surface area (Å²) in [6, 6.07) is 15.0. The van der Waals surface area contributed by atoms with Crippen LogP contribution in [0.15, 0.2) is 59.7 Å². The van der Waals surface area contributed by atoms with Crippen LogP contribution in [0.4, 0.5) is 0 Å². The van der Waals surface area contributed by atoms with E-state index in [1.165, 1.54) is 16.5 Å². The first-order chi connectivity index (χ1) is 13.1. The number of hydrogen-bond acceptors (Lipinski definition) is 4. The molecule has 3 aromatic rings. The van der Waals surface area contributed by atoms with Crippen molar-refractivity contribution in [3.63, 3.8) is 0 Å². The highest BCUT2D eigenvalue weighted by Crippen LogP contribution is 2.11. The van der Waals surface area contributed by atoms with Crippen LogP contribution in [-0.4, -0.2) is 28.6 Å². The fourth-order valence-electron chi connectivity index (χ4n) is 2.71. The Labute approximate surface area is 157 Å². The summed E-state index contributed by atoms with van der Waals surface area (Å²) in [7, 11) is 0. The number of carbonyl (C=O) groups is 1. The van der Waals surface area contributed by atoms with E-state index in [-0.39, 0.29) is 18.0 Å². The molecule has 27 heavy (non-hydrogen) atoms. The third-order valence-corrected chi connectivity index (χ3v) is 4.23. The van der Waals surface area contributed by atoms with E-state index in [1.807, 2.05) is 37.3 Å². The molecule has 6 heteroatoms. The van der Waals surface area contributed by atoms with Crippen LogP contribution < -0.4 is 15.6 Å². The molecule has 1 N–H and O–H groups in total. The van der Waals surface area contributed by atoms with Crippen molar-refractivity contribution in [2.45, 2.75) is 26.3 Å². The normalized spacial score (nSPS) is 10.7. The number of fused-ring (bicyclic) bond motifs is 1. The van der Waals surface area contributed by atoms with E-state index in [9.17, 15) is 9.59 Å². The molecule has 3 rings (SSSR count). The number of rotatable bonds is 8. The van der Waals surface area contributed by atoms with Gasteiger partial charge in [-0.25, -0.2) is 4.98 Å². The molecule has 1 heterocycles. The Balaban J connectivity index is 1.39. The van der Waals surface area contributed by atoms with Gasteiger partial charge in [-0.05, 0) is 44.0 Å². The average Bonchev–Trinajstić information content (AvgIpc) is 2.68. The van der Waals surface area contributed by atoms with Crippen LogP contribution >= 0.6 is 0 Å². The predicted octanol–water partition coefficient (Wildman–Crippen LogP) is 2.68. The van der Waals surface area contributed by atoms with Crippen LogP contribution in [0.3, 0.4) is 0 Å². The second-order valence-corrected chi connectivity index (χ2v) is 6.41. The zero-order valence-electron chi connectivity index (χ0n) is 15.4. The Morgan fingerprint density at radius 2 is 1.89 bits per heavy atom. The van der Waals surface area contributed by atoms with Gasteiger partial charge in [-0.3, -0.25) is 14.2 Å². The highest BCUT2D eigenvalue weighted by atomic mass is 16.5. The first-order valence-electron chi connectivity index (χ1n) is 9.04. The SMILES string of the molecule is Cc1ccc(OCCCCNC(=O)Cn2cnc3ccccc3c2=O)cc1. The lowest BCUT2D eigenvalue weighted by Gasteiger charge is -2.09.